The number of hydrogen-bond acceptors (Lipinski definition) is 5. The van der Waals surface area contributed by atoms with Crippen molar-refractivity contribution in [2.75, 3.05) is 32.8 Å². The van der Waals surface area contributed by atoms with E-state index in [-0.39, 0.29) is 18.2 Å². The fraction of sp³-hybridized carbons (Fsp3) is 0.429. The molecule has 0 aliphatic carbocycles. The molecule has 6 nitrogen and oxygen atoms in total. The summed E-state index contributed by atoms with van der Waals surface area (Å²) in [5.41, 5.74) is 0.641. The maximum atomic E-state index is 12.0. The van der Waals surface area contributed by atoms with E-state index in [0.717, 1.165) is 0 Å². The minimum atomic E-state index is -0.276. The molecule has 0 N–H and O–H groups in total. The average molecular weight is 276 g/mol. The minimum absolute atomic E-state index is 0.0779. The molecule has 1 aromatic rings. The van der Waals surface area contributed by atoms with E-state index in [2.05, 4.69) is 6.07 Å². The van der Waals surface area contributed by atoms with Gasteiger partial charge in [-0.3, -0.25) is 4.79 Å². The van der Waals surface area contributed by atoms with Crippen LogP contribution in [0.1, 0.15) is 6.42 Å². The summed E-state index contributed by atoms with van der Waals surface area (Å²) >= 11 is 0. The minimum Gasteiger partial charge on any atom is -0.493 e. The zero-order chi connectivity index (χ0) is 14.7. The Labute approximate surface area is 117 Å². The summed E-state index contributed by atoms with van der Waals surface area (Å²) < 4.78 is 15.8. The van der Waals surface area contributed by atoms with Crippen LogP contribution in [0.5, 0.6) is 17.2 Å². The molecule has 1 aliphatic heterocycles. The summed E-state index contributed by atoms with van der Waals surface area (Å²) in [4.78, 5) is 13.5. The van der Waals surface area contributed by atoms with E-state index in [1.54, 1.807) is 17.0 Å². The fourth-order valence-corrected chi connectivity index (χ4v) is 2.27. The number of benzene rings is 1. The largest absolute Gasteiger partial charge is 0.493 e. The van der Waals surface area contributed by atoms with Gasteiger partial charge in [0.05, 0.1) is 39.0 Å². The van der Waals surface area contributed by atoms with Crippen molar-refractivity contribution < 1.29 is 19.0 Å². The molecule has 0 radical (unpaired) electrons. The molecular weight excluding hydrogens is 260 g/mol. The van der Waals surface area contributed by atoms with Gasteiger partial charge in [0, 0.05) is 25.1 Å². The molecule has 0 aromatic heterocycles. The van der Waals surface area contributed by atoms with E-state index in [1.807, 2.05) is 0 Å². The van der Waals surface area contributed by atoms with Crippen LogP contribution in [0.3, 0.4) is 0 Å². The van der Waals surface area contributed by atoms with Gasteiger partial charge in [-0.25, -0.2) is 0 Å². The highest BCUT2D eigenvalue weighted by molar-refractivity contribution is 5.96. The Kier molecular flexibility index (Phi) is 3.99. The van der Waals surface area contributed by atoms with Gasteiger partial charge in [-0.15, -0.1) is 0 Å². The lowest BCUT2D eigenvalue weighted by molar-refractivity contribution is -0.117. The van der Waals surface area contributed by atoms with Crippen molar-refractivity contribution in [2.24, 2.45) is 5.92 Å². The molecule has 1 amide bonds. The summed E-state index contributed by atoms with van der Waals surface area (Å²) in [6, 6.07) is 5.54. The second-order valence-electron chi connectivity index (χ2n) is 4.42. The standard InChI is InChI=1S/C14H16N2O4/c1-18-11-5-10(6-12(19-2)14(11)20-3)16-8-9(7-15)4-13(16)17/h5-6,9H,4,8H2,1-3H3. The van der Waals surface area contributed by atoms with Crippen LogP contribution in [0.4, 0.5) is 5.69 Å². The molecule has 6 heteroatoms. The maximum absolute atomic E-state index is 12.0. The molecule has 0 saturated carbocycles. The van der Waals surface area contributed by atoms with Gasteiger partial charge in [-0.1, -0.05) is 0 Å². The quantitative estimate of drug-likeness (QED) is 0.835. The van der Waals surface area contributed by atoms with Crippen LogP contribution in [0.25, 0.3) is 0 Å². The number of rotatable bonds is 4. The summed E-state index contributed by atoms with van der Waals surface area (Å²) in [5, 5.41) is 8.93. The number of carbonyl (C=O) groups excluding carboxylic acids is 1. The molecule has 0 spiro atoms. The molecule has 1 aliphatic rings. The third-order valence-electron chi connectivity index (χ3n) is 3.27. The lowest BCUT2D eigenvalue weighted by Crippen LogP contribution is -2.24. The molecule has 1 unspecified atom stereocenters. The highest BCUT2D eigenvalue weighted by atomic mass is 16.5. The first-order valence-electron chi connectivity index (χ1n) is 6.14. The second kappa shape index (κ2) is 5.70. The molecule has 1 fully saturated rings. The summed E-state index contributed by atoms with van der Waals surface area (Å²) in [5.74, 6) is 1.08. The normalized spacial score (nSPS) is 17.8. The van der Waals surface area contributed by atoms with Crippen molar-refractivity contribution in [3.63, 3.8) is 0 Å². The third kappa shape index (κ3) is 2.35. The topological polar surface area (TPSA) is 71.8 Å². The predicted octanol–water partition coefficient (Wildman–Crippen LogP) is 1.59. The van der Waals surface area contributed by atoms with Crippen LogP contribution in [-0.2, 0) is 4.79 Å². The molecule has 1 saturated heterocycles. The van der Waals surface area contributed by atoms with Crippen molar-refractivity contribution in [3.8, 4) is 23.3 Å². The van der Waals surface area contributed by atoms with Crippen molar-refractivity contribution in [3.05, 3.63) is 12.1 Å². The van der Waals surface area contributed by atoms with Crippen molar-refractivity contribution in [2.45, 2.75) is 6.42 Å². The smallest absolute Gasteiger partial charge is 0.228 e. The Bertz CT molecular complexity index is 540. The number of amides is 1. The number of nitriles is 1. The highest BCUT2D eigenvalue weighted by Gasteiger charge is 2.31. The molecular formula is C14H16N2O4. The van der Waals surface area contributed by atoms with Crippen LogP contribution in [0.15, 0.2) is 12.1 Å². The summed E-state index contributed by atoms with van der Waals surface area (Å²) in [6.07, 6.45) is 0.243. The SMILES string of the molecule is COc1cc(N2CC(C#N)CC2=O)cc(OC)c1OC. The van der Waals surface area contributed by atoms with E-state index in [1.165, 1.54) is 21.3 Å². The molecule has 0 bridgehead atoms. The molecule has 20 heavy (non-hydrogen) atoms. The number of anilines is 1. The lowest BCUT2D eigenvalue weighted by atomic mass is 10.1. The zero-order valence-electron chi connectivity index (χ0n) is 11.7. The van der Waals surface area contributed by atoms with Crippen LogP contribution >= 0.6 is 0 Å². The number of hydrogen-bond donors (Lipinski definition) is 0. The fourth-order valence-electron chi connectivity index (χ4n) is 2.27. The second-order valence-corrected chi connectivity index (χ2v) is 4.42. The monoisotopic (exact) mass is 276 g/mol. The Hall–Kier alpha value is -2.42. The van der Waals surface area contributed by atoms with Gasteiger partial charge in [0.2, 0.25) is 11.7 Å². The Morgan fingerprint density at radius 2 is 1.80 bits per heavy atom. The van der Waals surface area contributed by atoms with Gasteiger partial charge in [0.25, 0.3) is 0 Å². The molecule has 1 aromatic carbocycles. The van der Waals surface area contributed by atoms with Gasteiger partial charge < -0.3 is 19.1 Å². The van der Waals surface area contributed by atoms with E-state index in [4.69, 9.17) is 19.5 Å². The molecule has 1 heterocycles. The molecule has 106 valence electrons. The van der Waals surface area contributed by atoms with Gasteiger partial charge in [0.15, 0.2) is 11.5 Å². The highest BCUT2D eigenvalue weighted by Crippen LogP contribution is 2.42. The Morgan fingerprint density at radius 1 is 1.20 bits per heavy atom. The number of nitrogens with zero attached hydrogens (tertiary/aromatic N) is 2. The van der Waals surface area contributed by atoms with Crippen LogP contribution in [0.2, 0.25) is 0 Å². The summed E-state index contributed by atoms with van der Waals surface area (Å²) in [7, 11) is 4.56. The maximum Gasteiger partial charge on any atom is 0.228 e. The van der Waals surface area contributed by atoms with Gasteiger partial charge in [0.1, 0.15) is 0 Å². The number of methoxy groups -OCH3 is 3. The van der Waals surface area contributed by atoms with Crippen molar-refractivity contribution in [1.82, 2.24) is 0 Å². The predicted molar refractivity (Wildman–Crippen MR) is 72.2 cm³/mol. The van der Waals surface area contributed by atoms with Gasteiger partial charge in [-0.05, 0) is 0 Å². The zero-order valence-corrected chi connectivity index (χ0v) is 11.7. The van der Waals surface area contributed by atoms with Gasteiger partial charge in [-0.2, -0.15) is 5.26 Å². The van der Waals surface area contributed by atoms with E-state index in [0.29, 0.717) is 29.5 Å². The number of carbonyl (C=O) groups is 1. The lowest BCUT2D eigenvalue weighted by Gasteiger charge is -2.20. The Morgan fingerprint density at radius 3 is 2.20 bits per heavy atom. The van der Waals surface area contributed by atoms with E-state index >= 15 is 0 Å². The average Bonchev–Trinajstić information content (AvgIpc) is 2.86. The van der Waals surface area contributed by atoms with Crippen LogP contribution < -0.4 is 19.1 Å². The van der Waals surface area contributed by atoms with Crippen LogP contribution in [-0.4, -0.2) is 33.8 Å². The first-order valence-corrected chi connectivity index (χ1v) is 6.14. The molecule has 2 rings (SSSR count). The van der Waals surface area contributed by atoms with E-state index < -0.39 is 0 Å². The number of ether oxygens (including phenoxy) is 3. The first-order chi connectivity index (χ1) is 9.64. The van der Waals surface area contributed by atoms with Gasteiger partial charge >= 0.3 is 0 Å². The van der Waals surface area contributed by atoms with Crippen molar-refractivity contribution in [1.29, 1.82) is 5.26 Å². The summed E-state index contributed by atoms with van der Waals surface area (Å²) in [6.45, 7) is 0.383. The first kappa shape index (κ1) is 14.0. The third-order valence-corrected chi connectivity index (χ3v) is 3.27. The van der Waals surface area contributed by atoms with Crippen LogP contribution in [0, 0.1) is 17.2 Å². The van der Waals surface area contributed by atoms with Crippen molar-refractivity contribution >= 4 is 11.6 Å². The molecule has 1 atom stereocenters. The Balaban J connectivity index is 2.43. The van der Waals surface area contributed by atoms with E-state index in [9.17, 15) is 4.79 Å².